The fraction of sp³-hybridized carbons (Fsp3) is 0.500. The monoisotopic (exact) mass is 312 g/mol. The summed E-state index contributed by atoms with van der Waals surface area (Å²) in [6.45, 7) is 5.53. The smallest absolute Gasteiger partial charge is 0.309 e. The van der Waals surface area contributed by atoms with Gasteiger partial charge in [0.15, 0.2) is 0 Å². The lowest BCUT2D eigenvalue weighted by atomic mass is 9.85. The third-order valence-electron chi connectivity index (χ3n) is 3.23. The molecule has 1 heterocycles. The van der Waals surface area contributed by atoms with Crippen molar-refractivity contribution in [1.29, 1.82) is 0 Å². The predicted molar refractivity (Wildman–Crippen MR) is 73.1 cm³/mol. The van der Waals surface area contributed by atoms with E-state index in [1.807, 2.05) is 13.0 Å². The predicted octanol–water partition coefficient (Wildman–Crippen LogP) is 3.43. The molecule has 0 saturated carbocycles. The lowest BCUT2D eigenvalue weighted by Crippen LogP contribution is -2.26. The van der Waals surface area contributed by atoms with Gasteiger partial charge in [-0.25, -0.2) is 0 Å². The highest BCUT2D eigenvalue weighted by Crippen LogP contribution is 2.38. The number of hydrogen-bond acceptors (Lipinski definition) is 2. The van der Waals surface area contributed by atoms with Gasteiger partial charge in [-0.15, -0.1) is 0 Å². The zero-order chi connectivity index (χ0) is 13.5. The molecule has 0 fully saturated rings. The largest absolute Gasteiger partial charge is 0.489 e. The van der Waals surface area contributed by atoms with Crippen LogP contribution in [0.4, 0.5) is 0 Å². The second-order valence-corrected chi connectivity index (χ2v) is 6.42. The van der Waals surface area contributed by atoms with Crippen molar-refractivity contribution in [2.24, 2.45) is 5.41 Å². The Labute approximate surface area is 115 Å². The molecule has 3 nitrogen and oxygen atoms in total. The van der Waals surface area contributed by atoms with E-state index >= 15 is 0 Å². The first-order chi connectivity index (χ1) is 8.29. The fourth-order valence-electron chi connectivity index (χ4n) is 2.24. The van der Waals surface area contributed by atoms with Crippen LogP contribution in [-0.2, 0) is 17.6 Å². The zero-order valence-electron chi connectivity index (χ0n) is 10.8. The number of carboxylic acid groups (broad SMARTS) is 1. The van der Waals surface area contributed by atoms with Crippen molar-refractivity contribution in [3.8, 4) is 5.75 Å². The minimum atomic E-state index is -0.774. The highest BCUT2D eigenvalue weighted by molar-refractivity contribution is 9.10. The molecular formula is C14H17BrO3. The Hall–Kier alpha value is -1.03. The molecule has 1 aliphatic heterocycles. The van der Waals surface area contributed by atoms with Crippen molar-refractivity contribution >= 4 is 21.9 Å². The Kier molecular flexibility index (Phi) is 3.41. The van der Waals surface area contributed by atoms with Crippen molar-refractivity contribution < 1.29 is 14.6 Å². The van der Waals surface area contributed by atoms with Crippen LogP contribution in [0.3, 0.4) is 0 Å². The molecule has 1 atom stereocenters. The van der Waals surface area contributed by atoms with Crippen LogP contribution in [0.25, 0.3) is 0 Å². The second kappa shape index (κ2) is 4.57. The SMILES string of the molecule is CC1Cc2cc(CC(C)(C)C(=O)O)cc(Br)c2O1. The minimum Gasteiger partial charge on any atom is -0.489 e. The van der Waals surface area contributed by atoms with E-state index in [9.17, 15) is 9.90 Å². The number of rotatable bonds is 3. The van der Waals surface area contributed by atoms with Gasteiger partial charge in [0.1, 0.15) is 11.9 Å². The summed E-state index contributed by atoms with van der Waals surface area (Å²) in [6.07, 6.45) is 1.59. The summed E-state index contributed by atoms with van der Waals surface area (Å²) in [5.41, 5.74) is 1.44. The Morgan fingerprint density at radius 2 is 2.22 bits per heavy atom. The lowest BCUT2D eigenvalue weighted by Gasteiger charge is -2.19. The van der Waals surface area contributed by atoms with Crippen LogP contribution in [0, 0.1) is 5.41 Å². The molecule has 0 bridgehead atoms. The molecule has 1 aromatic rings. The van der Waals surface area contributed by atoms with Gasteiger partial charge in [-0.3, -0.25) is 4.79 Å². The minimum absolute atomic E-state index is 0.194. The maximum atomic E-state index is 11.2. The third-order valence-corrected chi connectivity index (χ3v) is 3.82. The van der Waals surface area contributed by atoms with E-state index < -0.39 is 11.4 Å². The van der Waals surface area contributed by atoms with Crippen LogP contribution in [0.5, 0.6) is 5.75 Å². The Morgan fingerprint density at radius 3 is 2.83 bits per heavy atom. The van der Waals surface area contributed by atoms with E-state index in [1.54, 1.807) is 13.8 Å². The average Bonchev–Trinajstić information content (AvgIpc) is 2.58. The molecule has 1 unspecified atom stereocenters. The van der Waals surface area contributed by atoms with Crippen molar-refractivity contribution in [2.75, 3.05) is 0 Å². The maximum Gasteiger partial charge on any atom is 0.309 e. The normalized spacial score (nSPS) is 18.3. The van der Waals surface area contributed by atoms with Crippen LogP contribution < -0.4 is 4.74 Å². The van der Waals surface area contributed by atoms with Gasteiger partial charge < -0.3 is 9.84 Å². The summed E-state index contributed by atoms with van der Waals surface area (Å²) in [7, 11) is 0. The highest BCUT2D eigenvalue weighted by Gasteiger charge is 2.29. The van der Waals surface area contributed by atoms with Gasteiger partial charge in [0, 0.05) is 6.42 Å². The number of carbonyl (C=O) groups is 1. The van der Waals surface area contributed by atoms with Crippen molar-refractivity contribution in [3.63, 3.8) is 0 Å². The molecule has 0 radical (unpaired) electrons. The number of fused-ring (bicyclic) bond motifs is 1. The first kappa shape index (κ1) is 13.4. The van der Waals surface area contributed by atoms with Crippen LogP contribution in [-0.4, -0.2) is 17.2 Å². The summed E-state index contributed by atoms with van der Waals surface area (Å²) in [6, 6.07) is 4.02. The van der Waals surface area contributed by atoms with Gasteiger partial charge in [0.2, 0.25) is 0 Å². The lowest BCUT2D eigenvalue weighted by molar-refractivity contribution is -0.146. The second-order valence-electron chi connectivity index (χ2n) is 5.56. The number of halogens is 1. The van der Waals surface area contributed by atoms with E-state index in [0.29, 0.717) is 6.42 Å². The van der Waals surface area contributed by atoms with Crippen LogP contribution >= 0.6 is 15.9 Å². The molecule has 0 aromatic heterocycles. The van der Waals surface area contributed by atoms with Crippen LogP contribution in [0.1, 0.15) is 31.9 Å². The molecule has 0 amide bonds. The zero-order valence-corrected chi connectivity index (χ0v) is 12.4. The summed E-state index contributed by atoms with van der Waals surface area (Å²) >= 11 is 3.50. The number of carboxylic acids is 1. The Morgan fingerprint density at radius 1 is 1.56 bits per heavy atom. The fourth-order valence-corrected chi connectivity index (χ4v) is 2.88. The van der Waals surface area contributed by atoms with Gasteiger partial charge in [0.25, 0.3) is 0 Å². The Bertz CT molecular complexity index is 494. The van der Waals surface area contributed by atoms with Gasteiger partial charge in [-0.1, -0.05) is 6.07 Å². The molecule has 98 valence electrons. The average molecular weight is 313 g/mol. The van der Waals surface area contributed by atoms with Crippen molar-refractivity contribution in [3.05, 3.63) is 27.7 Å². The number of ether oxygens (including phenoxy) is 1. The quantitative estimate of drug-likeness (QED) is 0.930. The molecule has 0 spiro atoms. The molecule has 0 saturated heterocycles. The van der Waals surface area contributed by atoms with Gasteiger partial charge >= 0.3 is 5.97 Å². The van der Waals surface area contributed by atoms with E-state index in [1.165, 1.54) is 0 Å². The van der Waals surface area contributed by atoms with E-state index in [2.05, 4.69) is 22.0 Å². The van der Waals surface area contributed by atoms with E-state index in [-0.39, 0.29) is 6.10 Å². The molecule has 0 aliphatic carbocycles. The molecular weight excluding hydrogens is 296 g/mol. The molecule has 1 aromatic carbocycles. The molecule has 2 rings (SSSR count). The first-order valence-electron chi connectivity index (χ1n) is 6.01. The number of benzene rings is 1. The molecule has 1 N–H and O–H groups in total. The maximum absolute atomic E-state index is 11.2. The summed E-state index contributed by atoms with van der Waals surface area (Å²) < 4.78 is 6.62. The molecule has 1 aliphatic rings. The first-order valence-corrected chi connectivity index (χ1v) is 6.80. The molecule has 4 heteroatoms. The van der Waals surface area contributed by atoms with Gasteiger partial charge in [-0.05, 0) is 60.3 Å². The summed E-state index contributed by atoms with van der Waals surface area (Å²) in [4.78, 5) is 11.2. The van der Waals surface area contributed by atoms with Crippen molar-refractivity contribution in [1.82, 2.24) is 0 Å². The van der Waals surface area contributed by atoms with E-state index in [4.69, 9.17) is 4.74 Å². The summed E-state index contributed by atoms with van der Waals surface area (Å²) in [5, 5.41) is 9.17. The number of aliphatic carboxylic acids is 1. The van der Waals surface area contributed by atoms with E-state index in [0.717, 1.165) is 27.8 Å². The van der Waals surface area contributed by atoms with Crippen LogP contribution in [0.15, 0.2) is 16.6 Å². The van der Waals surface area contributed by atoms with Crippen LogP contribution in [0.2, 0.25) is 0 Å². The third kappa shape index (κ3) is 2.53. The molecule has 18 heavy (non-hydrogen) atoms. The van der Waals surface area contributed by atoms with Gasteiger partial charge in [-0.2, -0.15) is 0 Å². The topological polar surface area (TPSA) is 46.5 Å². The highest BCUT2D eigenvalue weighted by atomic mass is 79.9. The van der Waals surface area contributed by atoms with Gasteiger partial charge in [0.05, 0.1) is 9.89 Å². The van der Waals surface area contributed by atoms with Crippen molar-refractivity contribution in [2.45, 2.75) is 39.7 Å². The standard InChI is InChI=1S/C14H17BrO3/c1-8-4-10-5-9(6-11(15)12(10)18-8)7-14(2,3)13(16)17/h5-6,8H,4,7H2,1-3H3,(H,16,17). The summed E-state index contributed by atoms with van der Waals surface area (Å²) in [5.74, 6) is 0.128. The number of hydrogen-bond donors (Lipinski definition) is 1. The Balaban J connectivity index is 2.30.